The van der Waals surface area contributed by atoms with Crippen molar-refractivity contribution in [3.8, 4) is 28.0 Å². The van der Waals surface area contributed by atoms with Crippen LogP contribution in [0.1, 0.15) is 25.3 Å². The minimum absolute atomic E-state index is 0.0445. The molecule has 1 heterocycles. The lowest BCUT2D eigenvalue weighted by Gasteiger charge is -2.28. The number of allylic oxidation sites excluding steroid dienone is 1. The van der Waals surface area contributed by atoms with Crippen molar-refractivity contribution in [3.63, 3.8) is 0 Å². The van der Waals surface area contributed by atoms with E-state index in [0.29, 0.717) is 11.1 Å². The van der Waals surface area contributed by atoms with E-state index in [1.165, 1.54) is 48.5 Å². The molecule has 0 amide bonds. The molecule has 7 heteroatoms. The molecule has 0 bridgehead atoms. The number of ether oxygens (including phenoxy) is 3. The Morgan fingerprint density at radius 2 is 1.35 bits per heavy atom. The van der Waals surface area contributed by atoms with Crippen LogP contribution in [0.5, 0.6) is 5.75 Å². The van der Waals surface area contributed by atoms with Crippen LogP contribution in [0.25, 0.3) is 22.3 Å². The van der Waals surface area contributed by atoms with Crippen molar-refractivity contribution in [2.75, 3.05) is 19.8 Å². The molecule has 0 unspecified atom stereocenters. The van der Waals surface area contributed by atoms with Crippen LogP contribution in [-0.4, -0.2) is 26.1 Å². The Labute approximate surface area is 195 Å². The van der Waals surface area contributed by atoms with Gasteiger partial charge in [0.2, 0.25) is 5.82 Å². The molecule has 34 heavy (non-hydrogen) atoms. The molecule has 0 saturated carbocycles. The zero-order valence-corrected chi connectivity index (χ0v) is 18.8. The third kappa shape index (κ3) is 4.72. The molecule has 1 aliphatic heterocycles. The van der Waals surface area contributed by atoms with E-state index >= 15 is 0 Å². The molecule has 3 aromatic carbocycles. The second kappa shape index (κ2) is 10.4. The monoisotopic (exact) mass is 472 g/mol. The summed E-state index contributed by atoms with van der Waals surface area (Å²) in [5, 5.41) is 0. The summed E-state index contributed by atoms with van der Waals surface area (Å²) in [6, 6.07) is 11.9. The van der Waals surface area contributed by atoms with Gasteiger partial charge < -0.3 is 14.2 Å². The lowest BCUT2D eigenvalue weighted by Crippen LogP contribution is -2.30. The van der Waals surface area contributed by atoms with Gasteiger partial charge in [0.15, 0.2) is 29.5 Å². The maximum absolute atomic E-state index is 15.0. The summed E-state index contributed by atoms with van der Waals surface area (Å²) in [6.45, 7) is 4.15. The van der Waals surface area contributed by atoms with Crippen LogP contribution in [-0.2, 0) is 9.47 Å². The lowest BCUT2D eigenvalue weighted by molar-refractivity contribution is -0.159. The first-order chi connectivity index (χ1) is 16.4. The van der Waals surface area contributed by atoms with Crippen LogP contribution >= 0.6 is 0 Å². The molecule has 0 aromatic heterocycles. The number of rotatable bonds is 6. The fourth-order valence-corrected chi connectivity index (χ4v) is 3.92. The normalized spacial score (nSPS) is 18.4. The summed E-state index contributed by atoms with van der Waals surface area (Å²) >= 11 is 0. The second-order valence-corrected chi connectivity index (χ2v) is 7.84. The van der Waals surface area contributed by atoms with Gasteiger partial charge in [0.25, 0.3) is 0 Å². The molecule has 4 rings (SSSR count). The second-order valence-electron chi connectivity index (χ2n) is 7.84. The zero-order valence-electron chi connectivity index (χ0n) is 18.8. The molecule has 1 saturated heterocycles. The Morgan fingerprint density at radius 1 is 0.794 bits per heavy atom. The smallest absolute Gasteiger partial charge is 0.201 e. The first kappa shape index (κ1) is 24.0. The molecule has 0 spiro atoms. The average molecular weight is 472 g/mol. The molecule has 0 atom stereocenters. The quantitative estimate of drug-likeness (QED) is 0.285. The molecule has 0 aliphatic carbocycles. The van der Waals surface area contributed by atoms with Crippen LogP contribution in [0.2, 0.25) is 0 Å². The molecular weight excluding hydrogens is 448 g/mol. The van der Waals surface area contributed by atoms with E-state index in [4.69, 9.17) is 14.2 Å². The summed E-state index contributed by atoms with van der Waals surface area (Å²) in [5.74, 6) is -4.63. The van der Waals surface area contributed by atoms with Crippen molar-refractivity contribution in [2.24, 2.45) is 0 Å². The molecule has 0 N–H and O–H groups in total. The predicted molar refractivity (Wildman–Crippen MR) is 122 cm³/mol. The summed E-state index contributed by atoms with van der Waals surface area (Å²) in [5.41, 5.74) is 1.10. The van der Waals surface area contributed by atoms with E-state index in [2.05, 4.69) is 0 Å². The van der Waals surface area contributed by atoms with E-state index in [1.54, 1.807) is 19.1 Å². The van der Waals surface area contributed by atoms with Crippen LogP contribution in [0, 0.1) is 23.3 Å². The van der Waals surface area contributed by atoms with Gasteiger partial charge in [-0.3, -0.25) is 0 Å². The van der Waals surface area contributed by atoms with Crippen molar-refractivity contribution in [2.45, 2.75) is 26.1 Å². The Morgan fingerprint density at radius 3 is 1.91 bits per heavy atom. The van der Waals surface area contributed by atoms with E-state index in [9.17, 15) is 17.6 Å². The molecule has 178 valence electrons. The Bertz CT molecular complexity index is 1180. The van der Waals surface area contributed by atoms with Gasteiger partial charge in [-0.1, -0.05) is 42.5 Å². The van der Waals surface area contributed by atoms with Crippen molar-refractivity contribution < 1.29 is 31.8 Å². The highest BCUT2D eigenvalue weighted by molar-refractivity contribution is 5.71. The van der Waals surface area contributed by atoms with Crippen molar-refractivity contribution >= 4 is 0 Å². The minimum Gasteiger partial charge on any atom is -0.491 e. The SMILES string of the molecule is CC=CC1OCC(c2ccc(-c3ccc(-c4ccc(OCC)c(F)c4F)cc3)c(F)c2F)CO1. The molecule has 0 radical (unpaired) electrons. The molecule has 1 fully saturated rings. The standard InChI is InChI=1S/C27H24F4O3/c1-3-5-23-33-14-18(15-34-23)21-11-10-19(24(28)25(21)29)16-6-8-17(9-7-16)20-12-13-22(32-4-2)27(31)26(20)30/h3,5-13,18,23H,4,14-15H2,1-2H3. The van der Waals surface area contributed by atoms with Crippen molar-refractivity contribution in [3.05, 3.63) is 89.5 Å². The average Bonchev–Trinajstić information content (AvgIpc) is 2.85. The third-order valence-corrected chi connectivity index (χ3v) is 5.68. The molecule has 1 aliphatic rings. The highest BCUT2D eigenvalue weighted by Gasteiger charge is 2.27. The zero-order chi connectivity index (χ0) is 24.2. The van der Waals surface area contributed by atoms with Crippen LogP contribution < -0.4 is 4.74 Å². The molecule has 3 nitrogen and oxygen atoms in total. The highest BCUT2D eigenvalue weighted by atomic mass is 19.2. The van der Waals surface area contributed by atoms with Crippen molar-refractivity contribution in [1.82, 2.24) is 0 Å². The minimum atomic E-state index is -1.07. The maximum Gasteiger partial charge on any atom is 0.201 e. The van der Waals surface area contributed by atoms with E-state index < -0.39 is 35.5 Å². The fraction of sp³-hybridized carbons (Fsp3) is 0.259. The van der Waals surface area contributed by atoms with Gasteiger partial charge >= 0.3 is 0 Å². The summed E-state index contributed by atoms with van der Waals surface area (Å²) < 4.78 is 74.7. The summed E-state index contributed by atoms with van der Waals surface area (Å²) in [6.07, 6.45) is 3.06. The highest BCUT2D eigenvalue weighted by Crippen LogP contribution is 2.34. The number of benzene rings is 3. The van der Waals surface area contributed by atoms with Crippen LogP contribution in [0.15, 0.2) is 60.7 Å². The van der Waals surface area contributed by atoms with Gasteiger partial charge in [0.1, 0.15) is 0 Å². The summed E-state index contributed by atoms with van der Waals surface area (Å²) in [7, 11) is 0. The Kier molecular flexibility index (Phi) is 7.34. The topological polar surface area (TPSA) is 27.7 Å². The van der Waals surface area contributed by atoms with Gasteiger partial charge in [-0.25, -0.2) is 13.2 Å². The summed E-state index contributed by atoms with van der Waals surface area (Å²) in [4.78, 5) is 0. The van der Waals surface area contributed by atoms with Gasteiger partial charge in [-0.15, -0.1) is 0 Å². The maximum atomic E-state index is 15.0. The van der Waals surface area contributed by atoms with Crippen molar-refractivity contribution in [1.29, 1.82) is 0 Å². The fourth-order valence-electron chi connectivity index (χ4n) is 3.92. The molecular formula is C27H24F4O3. The number of hydrogen-bond acceptors (Lipinski definition) is 3. The van der Waals surface area contributed by atoms with Gasteiger partial charge in [-0.2, -0.15) is 4.39 Å². The number of halogens is 4. The largest absolute Gasteiger partial charge is 0.491 e. The first-order valence-corrected chi connectivity index (χ1v) is 11.0. The van der Waals surface area contributed by atoms with Crippen LogP contribution in [0.3, 0.4) is 0 Å². The Hall–Kier alpha value is -3.16. The van der Waals surface area contributed by atoms with E-state index in [-0.39, 0.29) is 42.3 Å². The van der Waals surface area contributed by atoms with E-state index in [0.717, 1.165) is 0 Å². The van der Waals surface area contributed by atoms with Gasteiger partial charge in [0, 0.05) is 17.0 Å². The molecule has 3 aromatic rings. The first-order valence-electron chi connectivity index (χ1n) is 11.0. The van der Waals surface area contributed by atoms with E-state index in [1.807, 2.05) is 6.92 Å². The number of hydrogen-bond donors (Lipinski definition) is 0. The van der Waals surface area contributed by atoms with Crippen LogP contribution in [0.4, 0.5) is 17.6 Å². The predicted octanol–water partition coefficient (Wildman–Crippen LogP) is 7.01. The third-order valence-electron chi connectivity index (χ3n) is 5.68. The lowest BCUT2D eigenvalue weighted by atomic mass is 9.94. The van der Waals surface area contributed by atoms with Gasteiger partial charge in [0.05, 0.1) is 19.8 Å². The van der Waals surface area contributed by atoms with Gasteiger partial charge in [-0.05, 0) is 48.7 Å². The Balaban J connectivity index is 1.57.